The number of allylic oxidation sites excluding steroid dienone is 9. The zero-order valence-electron chi connectivity index (χ0n) is 25.4. The lowest BCUT2D eigenvalue weighted by Crippen LogP contribution is -2.34. The monoisotopic (exact) mass is 575 g/mol. The summed E-state index contributed by atoms with van der Waals surface area (Å²) in [5.41, 5.74) is 12.6. The van der Waals surface area contributed by atoms with E-state index in [4.69, 9.17) is 6.58 Å². The van der Waals surface area contributed by atoms with Crippen molar-refractivity contribution in [2.24, 2.45) is 5.41 Å². The van der Waals surface area contributed by atoms with Crippen molar-refractivity contribution in [3.8, 4) is 0 Å². The first-order valence-corrected chi connectivity index (χ1v) is 15.9. The van der Waals surface area contributed by atoms with Crippen molar-refractivity contribution < 1.29 is 0 Å². The number of para-hydroxylation sites is 1. The zero-order chi connectivity index (χ0) is 29.9. The number of rotatable bonds is 4. The van der Waals surface area contributed by atoms with Gasteiger partial charge in [0.15, 0.2) is 0 Å². The van der Waals surface area contributed by atoms with Gasteiger partial charge in [-0.1, -0.05) is 107 Å². The molecule has 3 aromatic carbocycles. The summed E-state index contributed by atoms with van der Waals surface area (Å²) in [6.07, 6.45) is 20.5. The van der Waals surface area contributed by atoms with Crippen molar-refractivity contribution in [1.29, 1.82) is 0 Å². The first-order valence-electron chi connectivity index (χ1n) is 15.1. The van der Waals surface area contributed by atoms with Gasteiger partial charge >= 0.3 is 0 Å². The summed E-state index contributed by atoms with van der Waals surface area (Å²) in [7, 11) is 0. The van der Waals surface area contributed by atoms with E-state index in [-0.39, 0.29) is 10.8 Å². The smallest absolute Gasteiger partial charge is 0.0540 e. The largest absolute Gasteiger partial charge is 0.317 e. The van der Waals surface area contributed by atoms with Crippen LogP contribution in [0.3, 0.4) is 0 Å². The van der Waals surface area contributed by atoms with Crippen LogP contribution in [-0.2, 0) is 5.41 Å². The van der Waals surface area contributed by atoms with Gasteiger partial charge in [0.1, 0.15) is 0 Å². The summed E-state index contributed by atoms with van der Waals surface area (Å²) < 4.78 is 1.28. The second-order valence-corrected chi connectivity index (χ2v) is 13.6. The summed E-state index contributed by atoms with van der Waals surface area (Å²) in [5, 5.41) is 1.27. The Kier molecular flexibility index (Phi) is 6.45. The molecule has 3 aliphatic rings. The minimum atomic E-state index is -0.00811. The fraction of sp³-hybridized carbons (Fsp3) is 0.171. The van der Waals surface area contributed by atoms with Crippen molar-refractivity contribution >= 4 is 55.6 Å². The number of thiophene rings is 1. The van der Waals surface area contributed by atoms with Gasteiger partial charge in [-0.15, -0.1) is 11.3 Å². The summed E-state index contributed by atoms with van der Waals surface area (Å²) in [6, 6.07) is 22.3. The average molecular weight is 576 g/mol. The van der Waals surface area contributed by atoms with Crippen LogP contribution in [0.5, 0.6) is 0 Å². The molecule has 43 heavy (non-hydrogen) atoms. The maximum atomic E-state index is 4.89. The van der Waals surface area contributed by atoms with Crippen molar-refractivity contribution in [3.05, 3.63) is 155 Å². The second-order valence-electron chi connectivity index (χ2n) is 12.6. The van der Waals surface area contributed by atoms with E-state index in [1.54, 1.807) is 0 Å². The standard InChI is InChI=1S/C41H37NS/c1-7-8-10-15-27(2)29-19-22-36-32(26-29)31-23-25-42(30-16-11-9-12-17-30)35-21-20-33-38(37(35)28(3)39(31)43-36)34-18-13-14-24-41(34,6)40(33,4)5/h7-23,25-26H,1,3,24H2,2,4-6H3/b10-8-,25-23-,27-15+. The molecule has 0 radical (unpaired) electrons. The lowest BCUT2D eigenvalue weighted by Gasteiger charge is -2.40. The molecule has 0 spiro atoms. The summed E-state index contributed by atoms with van der Waals surface area (Å²) in [6.45, 7) is 18.1. The zero-order valence-corrected chi connectivity index (χ0v) is 26.3. The molecule has 4 aromatic rings. The van der Waals surface area contributed by atoms with E-state index in [2.05, 4.69) is 136 Å². The molecule has 0 saturated heterocycles. The summed E-state index contributed by atoms with van der Waals surface area (Å²) in [5.74, 6) is 0. The Morgan fingerprint density at radius 3 is 2.58 bits per heavy atom. The highest BCUT2D eigenvalue weighted by Gasteiger charge is 2.53. The Balaban J connectivity index is 1.51. The Morgan fingerprint density at radius 2 is 1.79 bits per heavy atom. The molecule has 2 heteroatoms. The number of nitrogens with zero attached hydrogens (tertiary/aromatic N) is 1. The first kappa shape index (κ1) is 27.4. The third-order valence-corrected chi connectivity index (χ3v) is 11.3. The average Bonchev–Trinajstić information content (AvgIpc) is 3.46. The van der Waals surface area contributed by atoms with Crippen LogP contribution >= 0.6 is 11.3 Å². The van der Waals surface area contributed by atoms with Crippen molar-refractivity contribution in [3.63, 3.8) is 0 Å². The van der Waals surface area contributed by atoms with Crippen molar-refractivity contribution in [1.82, 2.24) is 0 Å². The third-order valence-electron chi connectivity index (χ3n) is 10.1. The molecule has 212 valence electrons. The topological polar surface area (TPSA) is 3.24 Å². The van der Waals surface area contributed by atoms with Gasteiger partial charge in [0.25, 0.3) is 0 Å². The molecule has 1 aliphatic heterocycles. The van der Waals surface area contributed by atoms with Crippen molar-refractivity contribution in [2.75, 3.05) is 4.90 Å². The molecule has 1 atom stereocenters. The first-order chi connectivity index (χ1) is 20.8. The number of hydrogen-bond acceptors (Lipinski definition) is 2. The van der Waals surface area contributed by atoms with E-state index >= 15 is 0 Å². The summed E-state index contributed by atoms with van der Waals surface area (Å²) >= 11 is 1.86. The normalized spacial score (nSPS) is 21.1. The number of benzene rings is 3. The minimum absolute atomic E-state index is 0.00811. The van der Waals surface area contributed by atoms with Gasteiger partial charge < -0.3 is 4.90 Å². The third kappa shape index (κ3) is 4.04. The number of fused-ring (bicyclic) bond motifs is 8. The van der Waals surface area contributed by atoms with E-state index in [0.29, 0.717) is 0 Å². The van der Waals surface area contributed by atoms with Gasteiger partial charge in [-0.2, -0.15) is 0 Å². The molecule has 0 amide bonds. The van der Waals surface area contributed by atoms with E-state index in [1.165, 1.54) is 59.6 Å². The van der Waals surface area contributed by atoms with E-state index in [9.17, 15) is 0 Å². The molecule has 0 saturated carbocycles. The highest BCUT2D eigenvalue weighted by molar-refractivity contribution is 7.20. The quantitative estimate of drug-likeness (QED) is 0.219. The fourth-order valence-electron chi connectivity index (χ4n) is 7.19. The maximum absolute atomic E-state index is 4.89. The van der Waals surface area contributed by atoms with Crippen LogP contribution in [0.2, 0.25) is 0 Å². The molecule has 0 fully saturated rings. The van der Waals surface area contributed by atoms with E-state index < -0.39 is 0 Å². The van der Waals surface area contributed by atoms with Gasteiger partial charge in [-0.25, -0.2) is 0 Å². The molecule has 1 unspecified atom stereocenters. The van der Waals surface area contributed by atoms with Crippen LogP contribution < -0.4 is 4.90 Å². The predicted octanol–water partition coefficient (Wildman–Crippen LogP) is 11.9. The van der Waals surface area contributed by atoms with E-state index in [0.717, 1.165) is 17.7 Å². The minimum Gasteiger partial charge on any atom is -0.317 e. The van der Waals surface area contributed by atoms with Crippen LogP contribution in [-0.4, -0.2) is 0 Å². The predicted molar refractivity (Wildman–Crippen MR) is 190 cm³/mol. The molecule has 0 bridgehead atoms. The van der Waals surface area contributed by atoms with Crippen LogP contribution in [0.4, 0.5) is 11.4 Å². The lowest BCUT2D eigenvalue weighted by molar-refractivity contribution is 0.271. The van der Waals surface area contributed by atoms with Crippen molar-refractivity contribution in [2.45, 2.75) is 39.5 Å². The van der Waals surface area contributed by atoms with Gasteiger partial charge in [0, 0.05) is 48.8 Å². The van der Waals surface area contributed by atoms with Crippen LogP contribution in [0.25, 0.3) is 32.9 Å². The van der Waals surface area contributed by atoms with Gasteiger partial charge in [0.2, 0.25) is 0 Å². The highest BCUT2D eigenvalue weighted by Crippen LogP contribution is 2.64. The molecular formula is C41H37NS. The molecule has 0 N–H and O–H groups in total. The Morgan fingerprint density at radius 1 is 0.977 bits per heavy atom. The van der Waals surface area contributed by atoms with Crippen LogP contribution in [0, 0.1) is 5.41 Å². The molecule has 1 aromatic heterocycles. The second kappa shape index (κ2) is 10.1. The number of hydrogen-bond donors (Lipinski definition) is 0. The highest BCUT2D eigenvalue weighted by atomic mass is 32.1. The van der Waals surface area contributed by atoms with Gasteiger partial charge in [0.05, 0.1) is 5.69 Å². The Bertz CT molecular complexity index is 1970. The van der Waals surface area contributed by atoms with Gasteiger partial charge in [-0.05, 0) is 83.2 Å². The van der Waals surface area contributed by atoms with Crippen LogP contribution in [0.1, 0.15) is 66.8 Å². The van der Waals surface area contributed by atoms with E-state index in [1.807, 2.05) is 29.6 Å². The summed E-state index contributed by atoms with van der Waals surface area (Å²) in [4.78, 5) is 3.60. The molecule has 2 aliphatic carbocycles. The van der Waals surface area contributed by atoms with Crippen LogP contribution in [0.15, 0.2) is 123 Å². The fourth-order valence-corrected chi connectivity index (χ4v) is 8.34. The molecule has 1 nitrogen and oxygen atoms in total. The molecule has 2 heterocycles. The Hall–Kier alpha value is -4.40. The SMILES string of the molecule is C=C/C=C\C=C(/C)c1ccc2sc3c(c2c1)/C=C\N(c1ccccc1)c1ccc2c(c1C3=C)C1=CC=CCC1(C)C2(C)C. The van der Waals surface area contributed by atoms with Gasteiger partial charge in [-0.3, -0.25) is 0 Å². The molecular weight excluding hydrogens is 539 g/mol. The molecule has 7 rings (SSSR count). The maximum Gasteiger partial charge on any atom is 0.0540 e. The Labute approximate surface area is 259 Å². The number of anilines is 2. The lowest BCUT2D eigenvalue weighted by atomic mass is 9.63.